The zero-order valence-corrected chi connectivity index (χ0v) is 16.8. The summed E-state index contributed by atoms with van der Waals surface area (Å²) < 4.78 is 40.5. The summed E-state index contributed by atoms with van der Waals surface area (Å²) in [5, 5.41) is 4.67. The molecule has 0 spiro atoms. The molecule has 2 heterocycles. The van der Waals surface area contributed by atoms with Gasteiger partial charge in [-0.25, -0.2) is 4.68 Å². The monoisotopic (exact) mass is 440 g/mol. The Labute approximate surface area is 175 Å². The van der Waals surface area contributed by atoms with Gasteiger partial charge < -0.3 is 9.80 Å². The molecule has 0 N–H and O–H groups in total. The first-order chi connectivity index (χ1) is 14.2. The van der Waals surface area contributed by atoms with Crippen molar-refractivity contribution in [3.63, 3.8) is 0 Å². The van der Waals surface area contributed by atoms with Crippen LogP contribution in [0.1, 0.15) is 30.0 Å². The largest absolute Gasteiger partial charge is 0.421 e. The molecule has 2 fully saturated rings. The molecule has 2 aliphatic rings. The zero-order chi connectivity index (χ0) is 21.5. The summed E-state index contributed by atoms with van der Waals surface area (Å²) in [5.74, 6) is -0.495. The topological polar surface area (TPSA) is 58.4 Å². The number of alkyl halides is 3. The van der Waals surface area contributed by atoms with Crippen molar-refractivity contribution >= 4 is 23.2 Å². The molecule has 1 aliphatic carbocycles. The van der Waals surface area contributed by atoms with E-state index < -0.39 is 29.8 Å². The van der Waals surface area contributed by atoms with Crippen LogP contribution in [0.2, 0.25) is 5.02 Å². The zero-order valence-electron chi connectivity index (χ0n) is 16.0. The van der Waals surface area contributed by atoms with Gasteiger partial charge in [0, 0.05) is 42.8 Å². The van der Waals surface area contributed by atoms with Crippen LogP contribution in [-0.2, 0) is 17.5 Å². The van der Waals surface area contributed by atoms with E-state index >= 15 is 0 Å². The van der Waals surface area contributed by atoms with Gasteiger partial charge in [0.05, 0.1) is 5.69 Å². The Bertz CT molecular complexity index is 1010. The van der Waals surface area contributed by atoms with Gasteiger partial charge in [0.15, 0.2) is 0 Å². The van der Waals surface area contributed by atoms with Crippen molar-refractivity contribution in [3.8, 4) is 0 Å². The highest BCUT2D eigenvalue weighted by Gasteiger charge is 2.38. The number of carbonyl (C=O) groups is 1. The average molecular weight is 441 g/mol. The van der Waals surface area contributed by atoms with Crippen molar-refractivity contribution in [2.24, 2.45) is 0 Å². The SMILES string of the molecule is O=C(Cn1nc(C2CC2)cc(C(F)(F)F)c1=O)N1CCN(c2cccc(Cl)c2)CC1. The van der Waals surface area contributed by atoms with E-state index in [1.807, 2.05) is 18.2 Å². The van der Waals surface area contributed by atoms with Crippen molar-refractivity contribution in [1.82, 2.24) is 14.7 Å². The first kappa shape index (κ1) is 20.7. The van der Waals surface area contributed by atoms with Gasteiger partial charge in [-0.1, -0.05) is 17.7 Å². The van der Waals surface area contributed by atoms with E-state index in [1.165, 1.54) is 0 Å². The Balaban J connectivity index is 1.47. The fourth-order valence-corrected chi connectivity index (χ4v) is 3.75. The lowest BCUT2D eigenvalue weighted by Gasteiger charge is -2.36. The number of nitrogens with zero attached hydrogens (tertiary/aromatic N) is 4. The maximum atomic E-state index is 13.3. The molecule has 0 bridgehead atoms. The summed E-state index contributed by atoms with van der Waals surface area (Å²) >= 11 is 6.02. The van der Waals surface area contributed by atoms with Crippen LogP contribution in [0.5, 0.6) is 0 Å². The summed E-state index contributed by atoms with van der Waals surface area (Å²) in [7, 11) is 0. The lowest BCUT2D eigenvalue weighted by Crippen LogP contribution is -2.50. The smallest absolute Gasteiger partial charge is 0.368 e. The number of amides is 1. The van der Waals surface area contributed by atoms with E-state index in [2.05, 4.69) is 10.00 Å². The third kappa shape index (κ3) is 4.45. The van der Waals surface area contributed by atoms with Crippen molar-refractivity contribution in [3.05, 3.63) is 57.0 Å². The number of benzene rings is 1. The van der Waals surface area contributed by atoms with Crippen molar-refractivity contribution in [1.29, 1.82) is 0 Å². The summed E-state index contributed by atoms with van der Waals surface area (Å²) in [6, 6.07) is 8.21. The van der Waals surface area contributed by atoms with Crippen LogP contribution in [0.25, 0.3) is 0 Å². The fourth-order valence-electron chi connectivity index (χ4n) is 3.57. The minimum Gasteiger partial charge on any atom is -0.368 e. The van der Waals surface area contributed by atoms with E-state index in [4.69, 9.17) is 11.6 Å². The summed E-state index contributed by atoms with van der Waals surface area (Å²) in [5.41, 5.74) is -1.38. The predicted molar refractivity (Wildman–Crippen MR) is 106 cm³/mol. The quantitative estimate of drug-likeness (QED) is 0.733. The Kier molecular flexibility index (Phi) is 5.48. The Morgan fingerprint density at radius 3 is 2.43 bits per heavy atom. The van der Waals surface area contributed by atoms with Gasteiger partial charge in [0.2, 0.25) is 5.91 Å². The molecule has 160 valence electrons. The Morgan fingerprint density at radius 2 is 1.83 bits per heavy atom. The van der Waals surface area contributed by atoms with Gasteiger partial charge in [-0.2, -0.15) is 18.3 Å². The van der Waals surface area contributed by atoms with Gasteiger partial charge in [0.25, 0.3) is 5.56 Å². The first-order valence-corrected chi connectivity index (χ1v) is 10.1. The number of rotatable bonds is 4. The predicted octanol–water partition coefficient (Wildman–Crippen LogP) is 3.14. The van der Waals surface area contributed by atoms with Crippen molar-refractivity contribution in [2.75, 3.05) is 31.1 Å². The average Bonchev–Trinajstić information content (AvgIpc) is 3.54. The highest BCUT2D eigenvalue weighted by Crippen LogP contribution is 2.40. The van der Waals surface area contributed by atoms with E-state index in [-0.39, 0.29) is 11.6 Å². The number of halogens is 4. The number of aromatic nitrogens is 2. The van der Waals surface area contributed by atoms with E-state index in [0.717, 1.165) is 24.6 Å². The molecule has 1 aromatic heterocycles. The fraction of sp³-hybridized carbons (Fsp3) is 0.450. The Morgan fingerprint density at radius 1 is 1.13 bits per heavy atom. The van der Waals surface area contributed by atoms with Gasteiger partial charge in [-0.05, 0) is 37.1 Å². The molecule has 10 heteroatoms. The number of hydrogen-bond donors (Lipinski definition) is 0. The second kappa shape index (κ2) is 7.94. The molecule has 6 nitrogen and oxygen atoms in total. The first-order valence-electron chi connectivity index (χ1n) is 9.70. The van der Waals surface area contributed by atoms with Crippen LogP contribution in [0, 0.1) is 0 Å². The van der Waals surface area contributed by atoms with Gasteiger partial charge >= 0.3 is 6.18 Å². The maximum Gasteiger partial charge on any atom is 0.421 e. The van der Waals surface area contributed by atoms with Crippen LogP contribution < -0.4 is 10.5 Å². The molecule has 0 atom stereocenters. The van der Waals surface area contributed by atoms with Crippen LogP contribution in [0.3, 0.4) is 0 Å². The molecule has 2 aromatic rings. The van der Waals surface area contributed by atoms with E-state index in [1.54, 1.807) is 11.0 Å². The minimum absolute atomic E-state index is 0.0747. The standard InChI is InChI=1S/C20H20ClF3N4O2/c21-14-2-1-3-15(10-14)26-6-8-27(9-7-26)18(29)12-28-19(30)16(20(22,23)24)11-17(25-28)13-4-5-13/h1-3,10-11,13H,4-9,12H2. The van der Waals surface area contributed by atoms with E-state index in [0.29, 0.717) is 35.9 Å². The second-order valence-corrected chi connectivity index (χ2v) is 8.00. The number of piperazine rings is 1. The van der Waals surface area contributed by atoms with E-state index in [9.17, 15) is 22.8 Å². The molecule has 1 saturated carbocycles. The number of anilines is 1. The van der Waals surface area contributed by atoms with Crippen LogP contribution in [0.4, 0.5) is 18.9 Å². The second-order valence-electron chi connectivity index (χ2n) is 7.57. The number of hydrogen-bond acceptors (Lipinski definition) is 4. The lowest BCUT2D eigenvalue weighted by atomic mass is 10.2. The summed E-state index contributed by atoms with van der Waals surface area (Å²) in [4.78, 5) is 28.6. The minimum atomic E-state index is -4.78. The van der Waals surface area contributed by atoms with Crippen molar-refractivity contribution < 1.29 is 18.0 Å². The molecule has 0 unspecified atom stereocenters. The molecule has 4 rings (SSSR count). The van der Waals surface area contributed by atoms with Crippen molar-refractivity contribution in [2.45, 2.75) is 31.5 Å². The van der Waals surface area contributed by atoms with Crippen LogP contribution in [0.15, 0.2) is 35.1 Å². The molecule has 0 radical (unpaired) electrons. The normalized spacial score (nSPS) is 17.3. The van der Waals surface area contributed by atoms with Crippen LogP contribution >= 0.6 is 11.6 Å². The highest BCUT2D eigenvalue weighted by molar-refractivity contribution is 6.30. The highest BCUT2D eigenvalue weighted by atomic mass is 35.5. The van der Waals surface area contributed by atoms with Gasteiger partial charge in [-0.15, -0.1) is 0 Å². The number of carbonyl (C=O) groups excluding carboxylic acids is 1. The molecule has 30 heavy (non-hydrogen) atoms. The Hall–Kier alpha value is -2.55. The maximum absolute atomic E-state index is 13.3. The lowest BCUT2D eigenvalue weighted by molar-refractivity contribution is -0.140. The third-order valence-electron chi connectivity index (χ3n) is 5.39. The van der Waals surface area contributed by atoms with Gasteiger partial charge in [0.1, 0.15) is 12.1 Å². The summed E-state index contributed by atoms with van der Waals surface area (Å²) in [6.45, 7) is 1.41. The molecule has 1 amide bonds. The molecular weight excluding hydrogens is 421 g/mol. The van der Waals surface area contributed by atoms with Gasteiger partial charge in [-0.3, -0.25) is 9.59 Å². The molecular formula is C20H20ClF3N4O2. The third-order valence-corrected chi connectivity index (χ3v) is 5.62. The molecule has 1 aromatic carbocycles. The molecule has 1 aliphatic heterocycles. The summed E-state index contributed by atoms with van der Waals surface area (Å²) in [6.07, 6.45) is -3.30. The van der Waals surface area contributed by atoms with Crippen LogP contribution in [-0.4, -0.2) is 46.8 Å². The molecule has 1 saturated heterocycles.